The van der Waals surface area contributed by atoms with Crippen molar-refractivity contribution in [2.75, 3.05) is 5.32 Å². The van der Waals surface area contributed by atoms with E-state index in [-0.39, 0.29) is 6.42 Å². The van der Waals surface area contributed by atoms with Crippen LogP contribution < -0.4 is 5.32 Å². The number of anilines is 1. The molecule has 0 radical (unpaired) electrons. The molecule has 0 aliphatic rings. The van der Waals surface area contributed by atoms with E-state index in [9.17, 15) is 4.79 Å². The number of hydrogen-bond donors (Lipinski definition) is 2. The van der Waals surface area contributed by atoms with Crippen molar-refractivity contribution in [1.82, 2.24) is 4.98 Å². The Morgan fingerprint density at radius 3 is 2.33 bits per heavy atom. The van der Waals surface area contributed by atoms with E-state index in [0.717, 1.165) is 23.4 Å². The highest BCUT2D eigenvalue weighted by atomic mass is 16.4. The quantitative estimate of drug-likeness (QED) is 0.844. The maximum absolute atomic E-state index is 10.5. The molecule has 4 nitrogen and oxygen atoms in total. The van der Waals surface area contributed by atoms with Gasteiger partial charge in [-0.15, -0.1) is 0 Å². The fraction of sp³-hybridized carbons (Fsp3) is 0.143. The number of aliphatic carboxylic acids is 1. The number of nitrogens with one attached hydrogen (secondary N) is 1. The zero-order chi connectivity index (χ0) is 12.8. The summed E-state index contributed by atoms with van der Waals surface area (Å²) in [7, 11) is 0. The largest absolute Gasteiger partial charge is 0.481 e. The first-order valence-electron chi connectivity index (χ1n) is 5.67. The number of pyridine rings is 1. The van der Waals surface area contributed by atoms with E-state index >= 15 is 0 Å². The second kappa shape index (κ2) is 5.82. The third-order valence-electron chi connectivity index (χ3n) is 2.56. The predicted molar refractivity (Wildman–Crippen MR) is 69.3 cm³/mol. The minimum Gasteiger partial charge on any atom is -0.481 e. The molecule has 4 heteroatoms. The van der Waals surface area contributed by atoms with E-state index in [4.69, 9.17) is 5.11 Å². The van der Waals surface area contributed by atoms with Crippen LogP contribution in [0.3, 0.4) is 0 Å². The topological polar surface area (TPSA) is 62.2 Å². The highest BCUT2D eigenvalue weighted by Gasteiger charge is 2.00. The minimum atomic E-state index is -0.813. The Morgan fingerprint density at radius 1 is 1.06 bits per heavy atom. The molecule has 0 amide bonds. The molecule has 2 rings (SSSR count). The van der Waals surface area contributed by atoms with Crippen LogP contribution in [-0.4, -0.2) is 16.1 Å². The summed E-state index contributed by atoms with van der Waals surface area (Å²) in [6, 6.07) is 11.3. The van der Waals surface area contributed by atoms with Crippen molar-refractivity contribution in [2.24, 2.45) is 0 Å². The Hall–Kier alpha value is -2.36. The van der Waals surface area contributed by atoms with Crippen LogP contribution in [0.15, 0.2) is 48.8 Å². The number of aromatic nitrogens is 1. The third-order valence-corrected chi connectivity index (χ3v) is 2.56. The fourth-order valence-corrected chi connectivity index (χ4v) is 1.62. The van der Waals surface area contributed by atoms with Crippen LogP contribution in [0.1, 0.15) is 11.1 Å². The van der Waals surface area contributed by atoms with Crippen molar-refractivity contribution in [3.63, 3.8) is 0 Å². The monoisotopic (exact) mass is 242 g/mol. The van der Waals surface area contributed by atoms with E-state index in [1.807, 2.05) is 36.4 Å². The molecule has 2 N–H and O–H groups in total. The molecule has 0 atom stereocenters. The van der Waals surface area contributed by atoms with Crippen molar-refractivity contribution in [2.45, 2.75) is 13.0 Å². The summed E-state index contributed by atoms with van der Waals surface area (Å²) in [4.78, 5) is 14.5. The second-order valence-corrected chi connectivity index (χ2v) is 3.98. The predicted octanol–water partition coefficient (Wildman–Crippen LogP) is 2.32. The van der Waals surface area contributed by atoms with Gasteiger partial charge in [-0.2, -0.15) is 0 Å². The van der Waals surface area contributed by atoms with Crippen molar-refractivity contribution in [1.29, 1.82) is 0 Å². The molecule has 1 aromatic heterocycles. The van der Waals surface area contributed by atoms with E-state index in [0.29, 0.717) is 0 Å². The molecule has 1 aromatic carbocycles. The van der Waals surface area contributed by atoms with Crippen molar-refractivity contribution in [3.8, 4) is 0 Å². The van der Waals surface area contributed by atoms with Gasteiger partial charge in [-0.05, 0) is 35.4 Å². The van der Waals surface area contributed by atoms with Gasteiger partial charge < -0.3 is 10.4 Å². The molecule has 0 aliphatic carbocycles. The van der Waals surface area contributed by atoms with Crippen molar-refractivity contribution in [3.05, 3.63) is 59.9 Å². The molecule has 92 valence electrons. The molecule has 0 spiro atoms. The Morgan fingerprint density at radius 2 is 1.72 bits per heavy atom. The molecule has 0 unspecified atom stereocenters. The zero-order valence-electron chi connectivity index (χ0n) is 9.84. The van der Waals surface area contributed by atoms with Gasteiger partial charge in [0.15, 0.2) is 0 Å². The Labute approximate surface area is 105 Å². The number of carbonyl (C=O) groups is 1. The van der Waals surface area contributed by atoms with Gasteiger partial charge in [0.25, 0.3) is 0 Å². The third kappa shape index (κ3) is 3.59. The molecule has 0 bridgehead atoms. The number of benzene rings is 1. The molecule has 0 saturated heterocycles. The molecule has 0 fully saturated rings. The average molecular weight is 242 g/mol. The summed E-state index contributed by atoms with van der Waals surface area (Å²) in [5, 5.41) is 11.9. The first-order valence-corrected chi connectivity index (χ1v) is 5.67. The van der Waals surface area contributed by atoms with Crippen LogP contribution >= 0.6 is 0 Å². The summed E-state index contributed by atoms with van der Waals surface area (Å²) in [6.07, 6.45) is 3.57. The lowest BCUT2D eigenvalue weighted by Gasteiger charge is -2.06. The van der Waals surface area contributed by atoms with E-state index in [2.05, 4.69) is 10.3 Å². The molecular weight excluding hydrogens is 228 g/mol. The molecule has 18 heavy (non-hydrogen) atoms. The maximum Gasteiger partial charge on any atom is 0.307 e. The average Bonchev–Trinajstić information content (AvgIpc) is 2.38. The second-order valence-electron chi connectivity index (χ2n) is 3.98. The molecule has 2 aromatic rings. The van der Waals surface area contributed by atoms with Gasteiger partial charge in [-0.3, -0.25) is 9.78 Å². The van der Waals surface area contributed by atoms with E-state index in [1.54, 1.807) is 12.4 Å². The molecule has 0 aliphatic heterocycles. The van der Waals surface area contributed by atoms with Crippen LogP contribution in [0.4, 0.5) is 5.69 Å². The number of carboxylic acid groups (broad SMARTS) is 1. The SMILES string of the molecule is O=C(O)Cc1ccc(NCc2ccncc2)cc1. The molecule has 0 saturated carbocycles. The van der Waals surface area contributed by atoms with Gasteiger partial charge in [0.2, 0.25) is 0 Å². The maximum atomic E-state index is 10.5. The van der Waals surface area contributed by atoms with Crippen LogP contribution in [0.2, 0.25) is 0 Å². The summed E-state index contributed by atoms with van der Waals surface area (Å²) in [5.41, 5.74) is 2.93. The fourth-order valence-electron chi connectivity index (χ4n) is 1.62. The van der Waals surface area contributed by atoms with Gasteiger partial charge in [-0.25, -0.2) is 0 Å². The summed E-state index contributed by atoms with van der Waals surface area (Å²) >= 11 is 0. The summed E-state index contributed by atoms with van der Waals surface area (Å²) in [5.74, 6) is -0.813. The first-order chi connectivity index (χ1) is 8.74. The van der Waals surface area contributed by atoms with Crippen LogP contribution in [0.5, 0.6) is 0 Å². The standard InChI is InChI=1S/C14H14N2O2/c17-14(18)9-11-1-3-13(4-2-11)16-10-12-5-7-15-8-6-12/h1-8,16H,9-10H2,(H,17,18). The van der Waals surface area contributed by atoms with E-state index in [1.165, 1.54) is 0 Å². The van der Waals surface area contributed by atoms with Gasteiger partial charge in [0.1, 0.15) is 0 Å². The van der Waals surface area contributed by atoms with Gasteiger partial charge in [-0.1, -0.05) is 12.1 Å². The van der Waals surface area contributed by atoms with E-state index < -0.39 is 5.97 Å². The lowest BCUT2D eigenvalue weighted by molar-refractivity contribution is -0.136. The number of hydrogen-bond acceptors (Lipinski definition) is 3. The number of carboxylic acids is 1. The smallest absolute Gasteiger partial charge is 0.307 e. The number of nitrogens with zero attached hydrogens (tertiary/aromatic N) is 1. The Bertz CT molecular complexity index is 509. The van der Waals surface area contributed by atoms with Crippen LogP contribution in [0.25, 0.3) is 0 Å². The summed E-state index contributed by atoms with van der Waals surface area (Å²) in [6.45, 7) is 0.723. The van der Waals surface area contributed by atoms with Gasteiger partial charge in [0, 0.05) is 24.6 Å². The first kappa shape index (κ1) is 12.1. The normalized spacial score (nSPS) is 10.0. The lowest BCUT2D eigenvalue weighted by Crippen LogP contribution is -2.01. The minimum absolute atomic E-state index is 0.0602. The summed E-state index contributed by atoms with van der Waals surface area (Å²) < 4.78 is 0. The number of rotatable bonds is 5. The Balaban J connectivity index is 1.92. The van der Waals surface area contributed by atoms with Crippen molar-refractivity contribution < 1.29 is 9.90 Å². The highest BCUT2D eigenvalue weighted by molar-refractivity contribution is 5.70. The molecule has 1 heterocycles. The van der Waals surface area contributed by atoms with Crippen molar-refractivity contribution >= 4 is 11.7 Å². The highest BCUT2D eigenvalue weighted by Crippen LogP contribution is 2.11. The molecular formula is C14H14N2O2. The lowest BCUT2D eigenvalue weighted by atomic mass is 10.1. The van der Waals surface area contributed by atoms with Gasteiger partial charge in [0.05, 0.1) is 6.42 Å². The Kier molecular flexibility index (Phi) is 3.91. The zero-order valence-corrected chi connectivity index (χ0v) is 9.84. The van der Waals surface area contributed by atoms with Crippen LogP contribution in [-0.2, 0) is 17.8 Å². The van der Waals surface area contributed by atoms with Crippen LogP contribution in [0, 0.1) is 0 Å². The van der Waals surface area contributed by atoms with Gasteiger partial charge >= 0.3 is 5.97 Å².